The maximum Gasteiger partial charge on any atom is 0.280 e. The summed E-state index contributed by atoms with van der Waals surface area (Å²) in [6.45, 7) is 2.89. The summed E-state index contributed by atoms with van der Waals surface area (Å²) < 4.78 is 33.8. The minimum absolute atomic E-state index is 0.340. The average Bonchev–Trinajstić information content (AvgIpc) is 3.17. The number of nitrogens with zero attached hydrogens (tertiary/aromatic N) is 3. The molecule has 0 aromatic carbocycles. The molecule has 1 aliphatic carbocycles. The molecule has 7 nitrogen and oxygen atoms in total. The largest absolute Gasteiger partial charge is 0.338 e. The zero-order valence-corrected chi connectivity index (χ0v) is 12.4. The molecule has 1 saturated carbocycles. The first-order valence-electron chi connectivity index (χ1n) is 7.17. The summed E-state index contributed by atoms with van der Waals surface area (Å²) in [6.07, 6.45) is 5.11. The van der Waals surface area contributed by atoms with Crippen molar-refractivity contribution in [2.75, 3.05) is 13.1 Å². The molecule has 0 unspecified atom stereocenters. The third-order valence-corrected chi connectivity index (χ3v) is 5.45. The Hall–Kier alpha value is -0.990. The Morgan fingerprint density at radius 2 is 2.00 bits per heavy atom. The highest BCUT2D eigenvalue weighted by atomic mass is 32.2. The fourth-order valence-electron chi connectivity index (χ4n) is 2.38. The van der Waals surface area contributed by atoms with Gasteiger partial charge in [-0.3, -0.25) is 0 Å². The molecule has 3 rings (SSSR count). The highest BCUT2D eigenvalue weighted by Crippen LogP contribution is 2.38. The van der Waals surface area contributed by atoms with Crippen molar-refractivity contribution in [3.8, 4) is 0 Å². The van der Waals surface area contributed by atoms with Gasteiger partial charge in [0, 0.05) is 19.0 Å². The van der Waals surface area contributed by atoms with E-state index in [0.717, 1.165) is 32.1 Å². The molecule has 0 spiro atoms. The van der Waals surface area contributed by atoms with Crippen molar-refractivity contribution in [3.05, 3.63) is 11.7 Å². The van der Waals surface area contributed by atoms with Gasteiger partial charge in [0.25, 0.3) is 10.2 Å². The smallest absolute Gasteiger partial charge is 0.280 e. The normalized spacial score (nSPS) is 22.9. The van der Waals surface area contributed by atoms with Crippen molar-refractivity contribution in [3.63, 3.8) is 0 Å². The standard InChI is InChI=1S/C12H20N4O3S/c1-9(12-13-11(14-19-12)10-5-6-10)15-20(17,18)16-7-3-2-4-8-16/h9-10,15H,2-8H2,1H3/t9-/m0/s1. The summed E-state index contributed by atoms with van der Waals surface area (Å²) >= 11 is 0. The van der Waals surface area contributed by atoms with Gasteiger partial charge in [-0.2, -0.15) is 22.4 Å². The van der Waals surface area contributed by atoms with E-state index in [2.05, 4.69) is 14.9 Å². The molecule has 112 valence electrons. The maximum absolute atomic E-state index is 12.2. The van der Waals surface area contributed by atoms with Crippen LogP contribution in [-0.4, -0.2) is 36.0 Å². The second kappa shape index (κ2) is 5.42. The van der Waals surface area contributed by atoms with Gasteiger partial charge in [-0.25, -0.2) is 0 Å². The van der Waals surface area contributed by atoms with Crippen LogP contribution in [0.5, 0.6) is 0 Å². The Bertz CT molecular complexity index is 561. The summed E-state index contributed by atoms with van der Waals surface area (Å²) in [6, 6.07) is -0.498. The van der Waals surface area contributed by atoms with E-state index in [-0.39, 0.29) is 0 Å². The van der Waals surface area contributed by atoms with Gasteiger partial charge in [0.05, 0.1) is 6.04 Å². The van der Waals surface area contributed by atoms with Crippen molar-refractivity contribution in [2.45, 2.75) is 51.0 Å². The van der Waals surface area contributed by atoms with Gasteiger partial charge in [-0.05, 0) is 32.6 Å². The number of rotatable bonds is 5. The summed E-state index contributed by atoms with van der Waals surface area (Å²) in [4.78, 5) is 4.28. The Morgan fingerprint density at radius 1 is 1.30 bits per heavy atom. The van der Waals surface area contributed by atoms with Crippen LogP contribution in [-0.2, 0) is 10.2 Å². The van der Waals surface area contributed by atoms with Crippen LogP contribution in [0.2, 0.25) is 0 Å². The molecule has 1 aromatic heterocycles. The molecule has 8 heteroatoms. The molecule has 1 N–H and O–H groups in total. The van der Waals surface area contributed by atoms with Gasteiger partial charge in [0.2, 0.25) is 5.89 Å². The molecular formula is C12H20N4O3S. The fourth-order valence-corrected chi connectivity index (χ4v) is 3.82. The third kappa shape index (κ3) is 3.02. The molecule has 0 bridgehead atoms. The Kier molecular flexibility index (Phi) is 3.78. The van der Waals surface area contributed by atoms with Crippen LogP contribution in [0.4, 0.5) is 0 Å². The maximum atomic E-state index is 12.2. The van der Waals surface area contributed by atoms with Crippen LogP contribution >= 0.6 is 0 Å². The zero-order chi connectivity index (χ0) is 14.2. The van der Waals surface area contributed by atoms with E-state index in [1.165, 1.54) is 4.31 Å². The first-order valence-corrected chi connectivity index (χ1v) is 8.61. The van der Waals surface area contributed by atoms with E-state index < -0.39 is 16.3 Å². The van der Waals surface area contributed by atoms with Gasteiger partial charge in [-0.1, -0.05) is 11.6 Å². The number of nitrogens with one attached hydrogen (secondary N) is 1. The van der Waals surface area contributed by atoms with Crippen LogP contribution in [0, 0.1) is 0 Å². The lowest BCUT2D eigenvalue weighted by Crippen LogP contribution is -2.44. The lowest BCUT2D eigenvalue weighted by molar-refractivity contribution is 0.325. The highest BCUT2D eigenvalue weighted by molar-refractivity contribution is 7.87. The molecule has 1 aromatic rings. The minimum atomic E-state index is -3.47. The van der Waals surface area contributed by atoms with Crippen molar-refractivity contribution in [1.29, 1.82) is 0 Å². The van der Waals surface area contributed by atoms with Crippen LogP contribution in [0.15, 0.2) is 4.52 Å². The Labute approximate surface area is 118 Å². The topological polar surface area (TPSA) is 88.3 Å². The summed E-state index contributed by atoms with van der Waals surface area (Å²) in [7, 11) is -3.47. The lowest BCUT2D eigenvalue weighted by Gasteiger charge is -2.26. The molecular weight excluding hydrogens is 280 g/mol. The molecule has 2 heterocycles. The molecule has 1 atom stereocenters. The Morgan fingerprint density at radius 3 is 2.65 bits per heavy atom. The molecule has 1 saturated heterocycles. The molecule has 0 amide bonds. The van der Waals surface area contributed by atoms with Gasteiger partial charge < -0.3 is 4.52 Å². The summed E-state index contributed by atoms with van der Waals surface area (Å²) in [5.41, 5.74) is 0. The molecule has 2 aliphatic rings. The van der Waals surface area contributed by atoms with Crippen LogP contribution < -0.4 is 4.72 Å². The molecule has 20 heavy (non-hydrogen) atoms. The predicted octanol–water partition coefficient (Wildman–Crippen LogP) is 1.33. The van der Waals surface area contributed by atoms with Gasteiger partial charge in [0.1, 0.15) is 0 Å². The first kappa shape index (κ1) is 14.0. The molecule has 2 fully saturated rings. The van der Waals surface area contributed by atoms with Crippen LogP contribution in [0.25, 0.3) is 0 Å². The quantitative estimate of drug-likeness (QED) is 0.886. The van der Waals surface area contributed by atoms with Crippen molar-refractivity contribution >= 4 is 10.2 Å². The Balaban J connectivity index is 1.65. The second-order valence-electron chi connectivity index (χ2n) is 5.57. The average molecular weight is 300 g/mol. The van der Waals surface area contributed by atoms with E-state index in [9.17, 15) is 8.42 Å². The van der Waals surface area contributed by atoms with Crippen LogP contribution in [0.1, 0.15) is 62.7 Å². The zero-order valence-electron chi connectivity index (χ0n) is 11.6. The van der Waals surface area contributed by atoms with Gasteiger partial charge in [0.15, 0.2) is 5.82 Å². The van der Waals surface area contributed by atoms with E-state index >= 15 is 0 Å². The van der Waals surface area contributed by atoms with Gasteiger partial charge in [-0.15, -0.1) is 0 Å². The van der Waals surface area contributed by atoms with Crippen molar-refractivity contribution in [2.24, 2.45) is 0 Å². The van der Waals surface area contributed by atoms with E-state index in [0.29, 0.717) is 30.7 Å². The third-order valence-electron chi connectivity index (χ3n) is 3.75. The van der Waals surface area contributed by atoms with Crippen molar-refractivity contribution in [1.82, 2.24) is 19.2 Å². The first-order chi connectivity index (χ1) is 9.56. The minimum Gasteiger partial charge on any atom is -0.338 e. The monoisotopic (exact) mass is 300 g/mol. The van der Waals surface area contributed by atoms with Crippen LogP contribution in [0.3, 0.4) is 0 Å². The fraction of sp³-hybridized carbons (Fsp3) is 0.833. The SMILES string of the molecule is C[C@H](NS(=O)(=O)N1CCCCC1)c1nc(C2CC2)no1. The summed E-state index contributed by atoms with van der Waals surface area (Å²) in [5, 5.41) is 3.91. The van der Waals surface area contributed by atoms with E-state index in [1.807, 2.05) is 0 Å². The van der Waals surface area contributed by atoms with E-state index in [4.69, 9.17) is 4.52 Å². The van der Waals surface area contributed by atoms with Crippen molar-refractivity contribution < 1.29 is 12.9 Å². The number of hydrogen-bond donors (Lipinski definition) is 1. The number of hydrogen-bond acceptors (Lipinski definition) is 5. The molecule has 1 aliphatic heterocycles. The second-order valence-corrected chi connectivity index (χ2v) is 7.27. The predicted molar refractivity (Wildman–Crippen MR) is 72.2 cm³/mol. The van der Waals surface area contributed by atoms with Gasteiger partial charge >= 0.3 is 0 Å². The number of aromatic nitrogens is 2. The highest BCUT2D eigenvalue weighted by Gasteiger charge is 2.31. The summed E-state index contributed by atoms with van der Waals surface area (Å²) in [5.74, 6) is 1.44. The lowest BCUT2D eigenvalue weighted by atomic mass is 10.2. The molecule has 0 radical (unpaired) electrons. The van der Waals surface area contributed by atoms with E-state index in [1.54, 1.807) is 6.92 Å². The number of piperidine rings is 1.